The van der Waals surface area contributed by atoms with E-state index in [9.17, 15) is 31.1 Å². The number of amides is 1. The molecule has 1 aliphatic heterocycles. The van der Waals surface area contributed by atoms with E-state index in [0.717, 1.165) is 24.4 Å². The lowest BCUT2D eigenvalue weighted by molar-refractivity contribution is -0.138. The SMILES string of the molecule is CC(C)(C)OC(=O)N1CCN(c2ccc(C(F)(F)F)cc2Oc2cc(C(F)(F)F)ccn2)CC1. The highest BCUT2D eigenvalue weighted by atomic mass is 19.4. The van der Waals surface area contributed by atoms with Crippen molar-refractivity contribution in [2.75, 3.05) is 31.1 Å². The molecule has 186 valence electrons. The molecule has 1 aliphatic rings. The zero-order valence-electron chi connectivity index (χ0n) is 18.6. The van der Waals surface area contributed by atoms with Gasteiger partial charge in [-0.15, -0.1) is 0 Å². The Morgan fingerprint density at radius 2 is 1.47 bits per heavy atom. The molecule has 0 spiro atoms. The number of piperazine rings is 1. The monoisotopic (exact) mass is 491 g/mol. The summed E-state index contributed by atoms with van der Waals surface area (Å²) in [5, 5.41) is 0. The lowest BCUT2D eigenvalue weighted by atomic mass is 10.1. The molecule has 1 aromatic heterocycles. The molecule has 0 radical (unpaired) electrons. The van der Waals surface area contributed by atoms with E-state index < -0.39 is 41.1 Å². The third kappa shape index (κ3) is 6.45. The van der Waals surface area contributed by atoms with Crippen molar-refractivity contribution in [3.05, 3.63) is 47.7 Å². The number of rotatable bonds is 3. The molecule has 1 aromatic carbocycles. The summed E-state index contributed by atoms with van der Waals surface area (Å²) in [5.41, 5.74) is -2.51. The Morgan fingerprint density at radius 3 is 2.03 bits per heavy atom. The van der Waals surface area contributed by atoms with Gasteiger partial charge in [0, 0.05) is 38.4 Å². The Balaban J connectivity index is 1.85. The highest BCUT2D eigenvalue weighted by molar-refractivity contribution is 5.69. The second-order valence-electron chi connectivity index (χ2n) is 8.62. The number of carbonyl (C=O) groups is 1. The first-order chi connectivity index (χ1) is 15.6. The Labute approximate surface area is 192 Å². The molecule has 0 saturated carbocycles. The van der Waals surface area contributed by atoms with E-state index in [1.165, 1.54) is 11.0 Å². The number of alkyl halides is 6. The summed E-state index contributed by atoms with van der Waals surface area (Å²) in [6.45, 7) is 6.15. The highest BCUT2D eigenvalue weighted by Gasteiger charge is 2.34. The average molecular weight is 491 g/mol. The van der Waals surface area contributed by atoms with Crippen molar-refractivity contribution in [1.29, 1.82) is 0 Å². The van der Waals surface area contributed by atoms with Gasteiger partial charge in [0.2, 0.25) is 5.88 Å². The number of carbonyl (C=O) groups excluding carboxylic acids is 1. The number of nitrogens with zero attached hydrogens (tertiary/aromatic N) is 3. The van der Waals surface area contributed by atoms with E-state index in [-0.39, 0.29) is 37.6 Å². The number of hydrogen-bond acceptors (Lipinski definition) is 5. The molecular formula is C22H23F6N3O3. The minimum Gasteiger partial charge on any atom is -0.444 e. The molecule has 0 atom stereocenters. The Hall–Kier alpha value is -3.18. The second kappa shape index (κ2) is 9.22. The van der Waals surface area contributed by atoms with E-state index in [2.05, 4.69) is 4.98 Å². The predicted octanol–water partition coefficient (Wildman–Crippen LogP) is 5.97. The smallest absolute Gasteiger partial charge is 0.416 e. The van der Waals surface area contributed by atoms with Crippen molar-refractivity contribution < 1.29 is 40.6 Å². The standard InChI is InChI=1S/C22H23F6N3O3/c1-20(2,3)34-19(32)31-10-8-30(9-11-31)16-5-4-14(21(23,24)25)12-17(16)33-18-13-15(6-7-29-18)22(26,27)28/h4-7,12-13H,8-11H2,1-3H3. The molecule has 6 nitrogen and oxygen atoms in total. The van der Waals surface area contributed by atoms with Crippen LogP contribution in [0.2, 0.25) is 0 Å². The van der Waals surface area contributed by atoms with Crippen molar-refractivity contribution in [1.82, 2.24) is 9.88 Å². The van der Waals surface area contributed by atoms with Crippen LogP contribution in [0, 0.1) is 0 Å². The van der Waals surface area contributed by atoms with E-state index in [1.54, 1.807) is 25.7 Å². The first kappa shape index (κ1) is 25.4. The quantitative estimate of drug-likeness (QED) is 0.496. The fraction of sp³-hybridized carbons (Fsp3) is 0.455. The fourth-order valence-electron chi connectivity index (χ4n) is 3.24. The van der Waals surface area contributed by atoms with Crippen molar-refractivity contribution >= 4 is 11.8 Å². The molecule has 1 amide bonds. The number of ether oxygens (including phenoxy) is 2. The molecule has 0 unspecified atom stereocenters. The van der Waals surface area contributed by atoms with Gasteiger partial charge < -0.3 is 19.3 Å². The highest BCUT2D eigenvalue weighted by Crippen LogP contribution is 2.39. The van der Waals surface area contributed by atoms with Gasteiger partial charge >= 0.3 is 18.4 Å². The van der Waals surface area contributed by atoms with Gasteiger partial charge in [0.15, 0.2) is 5.75 Å². The largest absolute Gasteiger partial charge is 0.444 e. The van der Waals surface area contributed by atoms with Crippen LogP contribution in [-0.2, 0) is 17.1 Å². The van der Waals surface area contributed by atoms with Crippen molar-refractivity contribution in [2.24, 2.45) is 0 Å². The van der Waals surface area contributed by atoms with Crippen LogP contribution in [0.5, 0.6) is 11.6 Å². The molecule has 2 heterocycles. The van der Waals surface area contributed by atoms with Crippen LogP contribution < -0.4 is 9.64 Å². The summed E-state index contributed by atoms with van der Waals surface area (Å²) < 4.78 is 89.7. The summed E-state index contributed by atoms with van der Waals surface area (Å²) >= 11 is 0. The maximum absolute atomic E-state index is 13.3. The van der Waals surface area contributed by atoms with Gasteiger partial charge in [-0.05, 0) is 45.0 Å². The maximum Gasteiger partial charge on any atom is 0.416 e. The number of benzene rings is 1. The van der Waals surface area contributed by atoms with E-state index in [0.29, 0.717) is 6.07 Å². The Morgan fingerprint density at radius 1 is 0.882 bits per heavy atom. The topological polar surface area (TPSA) is 54.9 Å². The van der Waals surface area contributed by atoms with Crippen molar-refractivity contribution in [2.45, 2.75) is 38.7 Å². The number of hydrogen-bond donors (Lipinski definition) is 0. The van der Waals surface area contributed by atoms with Gasteiger partial charge in [-0.1, -0.05) is 0 Å². The second-order valence-corrected chi connectivity index (χ2v) is 8.62. The number of pyridine rings is 1. The van der Waals surface area contributed by atoms with Gasteiger partial charge in [-0.25, -0.2) is 9.78 Å². The van der Waals surface area contributed by atoms with Crippen molar-refractivity contribution in [3.63, 3.8) is 0 Å². The molecule has 12 heteroatoms. The molecule has 34 heavy (non-hydrogen) atoms. The minimum atomic E-state index is -4.69. The van der Waals surface area contributed by atoms with E-state index >= 15 is 0 Å². The molecule has 1 saturated heterocycles. The zero-order chi connectivity index (χ0) is 25.3. The molecular weight excluding hydrogens is 468 g/mol. The Bertz CT molecular complexity index is 1030. The first-order valence-corrected chi connectivity index (χ1v) is 10.3. The van der Waals surface area contributed by atoms with Gasteiger partial charge in [0.05, 0.1) is 16.8 Å². The van der Waals surface area contributed by atoms with Gasteiger partial charge in [0.1, 0.15) is 5.60 Å². The average Bonchev–Trinajstić information content (AvgIpc) is 2.71. The summed E-state index contributed by atoms with van der Waals surface area (Å²) in [5.74, 6) is -0.796. The summed E-state index contributed by atoms with van der Waals surface area (Å²) in [6, 6.07) is 4.12. The van der Waals surface area contributed by atoms with E-state index in [4.69, 9.17) is 9.47 Å². The molecule has 0 bridgehead atoms. The lowest BCUT2D eigenvalue weighted by Crippen LogP contribution is -2.50. The van der Waals surface area contributed by atoms with Gasteiger partial charge in [-0.3, -0.25) is 0 Å². The molecule has 2 aromatic rings. The van der Waals surface area contributed by atoms with Crippen LogP contribution in [0.15, 0.2) is 36.5 Å². The number of aromatic nitrogens is 1. The van der Waals surface area contributed by atoms with Crippen LogP contribution in [-0.4, -0.2) is 47.8 Å². The van der Waals surface area contributed by atoms with Crippen LogP contribution in [0.3, 0.4) is 0 Å². The third-order valence-corrected chi connectivity index (χ3v) is 4.84. The van der Waals surface area contributed by atoms with Crippen LogP contribution in [0.4, 0.5) is 36.8 Å². The maximum atomic E-state index is 13.3. The van der Waals surface area contributed by atoms with Crippen LogP contribution in [0.1, 0.15) is 31.9 Å². The fourth-order valence-corrected chi connectivity index (χ4v) is 3.24. The molecule has 3 rings (SSSR count). The summed E-state index contributed by atoms with van der Waals surface area (Å²) in [6.07, 6.45) is -9.00. The minimum absolute atomic E-state index is 0.232. The predicted molar refractivity (Wildman–Crippen MR) is 111 cm³/mol. The molecule has 1 fully saturated rings. The number of anilines is 1. The molecule has 0 aliphatic carbocycles. The first-order valence-electron chi connectivity index (χ1n) is 10.3. The van der Waals surface area contributed by atoms with Gasteiger partial charge in [0.25, 0.3) is 0 Å². The van der Waals surface area contributed by atoms with Crippen molar-refractivity contribution in [3.8, 4) is 11.6 Å². The zero-order valence-corrected chi connectivity index (χ0v) is 18.6. The lowest BCUT2D eigenvalue weighted by Gasteiger charge is -2.37. The summed E-state index contributed by atoms with van der Waals surface area (Å²) in [4.78, 5) is 19.1. The van der Waals surface area contributed by atoms with Gasteiger partial charge in [-0.2, -0.15) is 26.3 Å². The Kier molecular flexibility index (Phi) is 6.90. The van der Waals surface area contributed by atoms with Crippen LogP contribution >= 0.6 is 0 Å². The van der Waals surface area contributed by atoms with E-state index in [1.807, 2.05) is 0 Å². The number of halogens is 6. The normalized spacial score (nSPS) is 15.3. The summed E-state index contributed by atoms with van der Waals surface area (Å²) in [7, 11) is 0. The third-order valence-electron chi connectivity index (χ3n) is 4.84. The molecule has 0 N–H and O–H groups in total. The van der Waals surface area contributed by atoms with Crippen LogP contribution in [0.25, 0.3) is 0 Å².